The molecule has 4 rings (SSSR count). The van der Waals surface area contributed by atoms with E-state index in [0.29, 0.717) is 23.5 Å². The Labute approximate surface area is 152 Å². The molecular weight excluding hydrogens is 361 g/mol. The van der Waals surface area contributed by atoms with Gasteiger partial charge in [0.15, 0.2) is 17.1 Å². The van der Waals surface area contributed by atoms with Crippen LogP contribution in [0.15, 0.2) is 35.1 Å². The van der Waals surface area contributed by atoms with Crippen LogP contribution >= 0.6 is 0 Å². The normalized spacial score (nSPS) is 18.2. The van der Waals surface area contributed by atoms with Crippen LogP contribution in [0.3, 0.4) is 0 Å². The van der Waals surface area contributed by atoms with Crippen LogP contribution in [0.2, 0.25) is 0 Å². The minimum atomic E-state index is -4.66. The Morgan fingerprint density at radius 1 is 1.37 bits per heavy atom. The lowest BCUT2D eigenvalue weighted by Gasteiger charge is -2.30. The van der Waals surface area contributed by atoms with Crippen molar-refractivity contribution < 1.29 is 22.4 Å². The third-order valence-electron chi connectivity index (χ3n) is 4.71. The van der Waals surface area contributed by atoms with Crippen molar-refractivity contribution in [3.8, 4) is 11.5 Å². The summed E-state index contributed by atoms with van der Waals surface area (Å²) in [7, 11) is 0. The number of aromatic nitrogens is 3. The number of amides is 1. The molecule has 1 saturated heterocycles. The number of alkyl halides is 3. The number of halogens is 3. The summed E-state index contributed by atoms with van der Waals surface area (Å²) in [5, 5.41) is 3.80. The summed E-state index contributed by atoms with van der Waals surface area (Å²) in [6.07, 6.45) is -0.256. The number of nitrogens with zero attached hydrogens (tertiary/aromatic N) is 4. The fraction of sp³-hybridized carbons (Fsp3) is 0.389. The molecule has 1 aliphatic rings. The predicted octanol–water partition coefficient (Wildman–Crippen LogP) is 3.88. The molecule has 0 spiro atoms. The number of carbonyl (C=O) groups excluding carboxylic acids is 1. The van der Waals surface area contributed by atoms with Gasteiger partial charge in [-0.25, -0.2) is 9.50 Å². The van der Waals surface area contributed by atoms with Crippen molar-refractivity contribution >= 4 is 11.6 Å². The molecule has 4 heterocycles. The Bertz CT molecular complexity index is 979. The molecule has 27 heavy (non-hydrogen) atoms. The van der Waals surface area contributed by atoms with E-state index in [1.807, 2.05) is 6.92 Å². The Morgan fingerprint density at radius 2 is 2.19 bits per heavy atom. The molecule has 0 bridgehead atoms. The Balaban J connectivity index is 1.85. The van der Waals surface area contributed by atoms with E-state index in [4.69, 9.17) is 4.42 Å². The molecule has 1 unspecified atom stereocenters. The molecule has 1 fully saturated rings. The third kappa shape index (κ3) is 3.17. The summed E-state index contributed by atoms with van der Waals surface area (Å²) in [6, 6.07) is 3.95. The van der Waals surface area contributed by atoms with E-state index < -0.39 is 11.9 Å². The highest BCUT2D eigenvalue weighted by Crippen LogP contribution is 2.33. The van der Waals surface area contributed by atoms with Crippen LogP contribution in [0.1, 0.15) is 35.8 Å². The van der Waals surface area contributed by atoms with Gasteiger partial charge in [0.2, 0.25) is 0 Å². The van der Waals surface area contributed by atoms with Crippen LogP contribution in [-0.2, 0) is 6.18 Å². The van der Waals surface area contributed by atoms with Crippen LogP contribution in [-0.4, -0.2) is 38.5 Å². The lowest BCUT2D eigenvalue weighted by molar-refractivity contribution is -0.142. The minimum absolute atomic E-state index is 0.00128. The zero-order chi connectivity index (χ0) is 19.2. The standard InChI is InChI=1S/C18H17F3N4O2/c1-11-4-2-6-24(10-11)17(26)12-9-22-25-15(18(19,20)21)8-13(23-16(12)25)14-5-3-7-27-14/h3,5,7-9,11H,2,4,6,10H2,1H3. The molecule has 1 aliphatic heterocycles. The minimum Gasteiger partial charge on any atom is -0.463 e. The first-order chi connectivity index (χ1) is 12.8. The monoisotopic (exact) mass is 378 g/mol. The summed E-state index contributed by atoms with van der Waals surface area (Å²) < 4.78 is 46.5. The molecule has 0 N–H and O–H groups in total. The van der Waals surface area contributed by atoms with E-state index in [1.54, 1.807) is 11.0 Å². The number of hydrogen-bond acceptors (Lipinski definition) is 4. The van der Waals surface area contributed by atoms with Gasteiger partial charge in [0.05, 0.1) is 12.5 Å². The highest BCUT2D eigenvalue weighted by atomic mass is 19.4. The molecule has 3 aromatic rings. The number of carbonyl (C=O) groups is 1. The topological polar surface area (TPSA) is 63.6 Å². The zero-order valence-corrected chi connectivity index (χ0v) is 14.5. The summed E-state index contributed by atoms with van der Waals surface area (Å²) in [5.74, 6) is 0.185. The Morgan fingerprint density at radius 3 is 2.85 bits per heavy atom. The van der Waals surface area contributed by atoms with Gasteiger partial charge in [0.25, 0.3) is 5.91 Å². The molecule has 0 saturated carbocycles. The van der Waals surface area contributed by atoms with Gasteiger partial charge in [-0.3, -0.25) is 4.79 Å². The molecule has 1 amide bonds. The smallest absolute Gasteiger partial charge is 0.433 e. The van der Waals surface area contributed by atoms with Crippen molar-refractivity contribution in [2.45, 2.75) is 25.9 Å². The molecule has 0 aliphatic carbocycles. The molecule has 3 aromatic heterocycles. The van der Waals surface area contributed by atoms with Crippen molar-refractivity contribution in [2.24, 2.45) is 5.92 Å². The largest absolute Gasteiger partial charge is 0.463 e. The van der Waals surface area contributed by atoms with E-state index in [9.17, 15) is 18.0 Å². The molecule has 1 atom stereocenters. The second-order valence-corrected chi connectivity index (χ2v) is 6.79. The van der Waals surface area contributed by atoms with Gasteiger partial charge in [-0.2, -0.15) is 18.3 Å². The SMILES string of the molecule is CC1CCCN(C(=O)c2cnn3c(C(F)(F)F)cc(-c4ccco4)nc23)C1. The van der Waals surface area contributed by atoms with Gasteiger partial charge < -0.3 is 9.32 Å². The summed E-state index contributed by atoms with van der Waals surface area (Å²) in [6.45, 7) is 3.19. The third-order valence-corrected chi connectivity index (χ3v) is 4.71. The van der Waals surface area contributed by atoms with Gasteiger partial charge in [0, 0.05) is 13.1 Å². The number of fused-ring (bicyclic) bond motifs is 1. The maximum atomic E-state index is 13.5. The fourth-order valence-corrected chi connectivity index (χ4v) is 3.41. The first-order valence-electron chi connectivity index (χ1n) is 8.63. The van der Waals surface area contributed by atoms with Gasteiger partial charge in [0.1, 0.15) is 11.3 Å². The van der Waals surface area contributed by atoms with Crippen molar-refractivity contribution in [2.75, 3.05) is 13.1 Å². The second kappa shape index (κ2) is 6.40. The van der Waals surface area contributed by atoms with Gasteiger partial charge in [-0.1, -0.05) is 6.92 Å². The highest BCUT2D eigenvalue weighted by Gasteiger charge is 2.36. The second-order valence-electron chi connectivity index (χ2n) is 6.79. The molecule has 6 nitrogen and oxygen atoms in total. The van der Waals surface area contributed by atoms with Crippen molar-refractivity contribution in [1.29, 1.82) is 0 Å². The van der Waals surface area contributed by atoms with E-state index in [0.717, 1.165) is 25.1 Å². The number of piperidine rings is 1. The van der Waals surface area contributed by atoms with Crippen LogP contribution in [0, 0.1) is 5.92 Å². The van der Waals surface area contributed by atoms with Gasteiger partial charge in [-0.15, -0.1) is 0 Å². The summed E-state index contributed by atoms with van der Waals surface area (Å²) >= 11 is 0. The molecule has 142 valence electrons. The maximum absolute atomic E-state index is 13.5. The van der Waals surface area contributed by atoms with E-state index in [1.165, 1.54) is 12.3 Å². The van der Waals surface area contributed by atoms with Crippen molar-refractivity contribution in [1.82, 2.24) is 19.5 Å². The van der Waals surface area contributed by atoms with E-state index in [-0.39, 0.29) is 28.6 Å². The summed E-state index contributed by atoms with van der Waals surface area (Å²) in [4.78, 5) is 18.8. The maximum Gasteiger partial charge on any atom is 0.433 e. The first-order valence-corrected chi connectivity index (χ1v) is 8.63. The Kier molecular flexibility index (Phi) is 4.16. The lowest BCUT2D eigenvalue weighted by Crippen LogP contribution is -2.39. The molecule has 0 radical (unpaired) electrons. The van der Waals surface area contributed by atoms with Crippen LogP contribution in [0.5, 0.6) is 0 Å². The van der Waals surface area contributed by atoms with Gasteiger partial charge >= 0.3 is 6.18 Å². The number of rotatable bonds is 2. The van der Waals surface area contributed by atoms with E-state index in [2.05, 4.69) is 10.1 Å². The van der Waals surface area contributed by atoms with Crippen molar-refractivity contribution in [3.05, 3.63) is 41.9 Å². The van der Waals surface area contributed by atoms with E-state index >= 15 is 0 Å². The molecule has 0 aromatic carbocycles. The van der Waals surface area contributed by atoms with Crippen LogP contribution in [0.25, 0.3) is 17.1 Å². The average Bonchev–Trinajstić information content (AvgIpc) is 3.29. The lowest BCUT2D eigenvalue weighted by atomic mass is 10.00. The number of hydrogen-bond donors (Lipinski definition) is 0. The van der Waals surface area contributed by atoms with Crippen LogP contribution < -0.4 is 0 Å². The quantitative estimate of drug-likeness (QED) is 0.679. The first kappa shape index (κ1) is 17.6. The van der Waals surface area contributed by atoms with Gasteiger partial charge in [-0.05, 0) is 37.0 Å². The van der Waals surface area contributed by atoms with Crippen molar-refractivity contribution in [3.63, 3.8) is 0 Å². The number of likely N-dealkylation sites (tertiary alicyclic amines) is 1. The van der Waals surface area contributed by atoms with Crippen LogP contribution in [0.4, 0.5) is 13.2 Å². The summed E-state index contributed by atoms with van der Waals surface area (Å²) in [5.41, 5.74) is -1.08. The Hall–Kier alpha value is -2.84. The fourth-order valence-electron chi connectivity index (χ4n) is 3.41. The average molecular weight is 378 g/mol. The number of furan rings is 1. The zero-order valence-electron chi connectivity index (χ0n) is 14.5. The predicted molar refractivity (Wildman–Crippen MR) is 90.0 cm³/mol. The molecular formula is C18H17F3N4O2. The molecule has 9 heteroatoms. The highest BCUT2D eigenvalue weighted by molar-refractivity contribution is 6.00.